The highest BCUT2D eigenvalue weighted by Gasteiger charge is 2.23. The van der Waals surface area contributed by atoms with Crippen LogP contribution in [-0.2, 0) is 0 Å². The molecule has 2 aromatic rings. The molecule has 112 valence electrons. The number of hydrogen-bond acceptors (Lipinski definition) is 6. The van der Waals surface area contributed by atoms with Gasteiger partial charge in [0.05, 0.1) is 0 Å². The van der Waals surface area contributed by atoms with Crippen molar-refractivity contribution in [2.24, 2.45) is 0 Å². The molecule has 0 spiro atoms. The van der Waals surface area contributed by atoms with Crippen molar-refractivity contribution in [2.75, 3.05) is 36.4 Å². The maximum atomic E-state index is 12.1. The molecule has 8 heteroatoms. The summed E-state index contributed by atoms with van der Waals surface area (Å²) in [5.74, 6) is 2.70. The first kappa shape index (κ1) is 13.5. The standard InChI is InChI=1S/C13H17N5O3/c1-9-7-11(15-20-9)14-13(19)18-5-3-17(4-6-18)12-8-10(2)21-16-12/h7-8H,3-6H2,1-2H3,(H,14,15,19). The highest BCUT2D eigenvalue weighted by molar-refractivity contribution is 5.88. The van der Waals surface area contributed by atoms with Crippen molar-refractivity contribution in [3.8, 4) is 0 Å². The van der Waals surface area contributed by atoms with Crippen LogP contribution >= 0.6 is 0 Å². The average Bonchev–Trinajstić information content (AvgIpc) is 3.08. The third-order valence-corrected chi connectivity index (χ3v) is 3.37. The van der Waals surface area contributed by atoms with Crippen molar-refractivity contribution >= 4 is 17.7 Å². The van der Waals surface area contributed by atoms with Gasteiger partial charge in [0.25, 0.3) is 0 Å². The van der Waals surface area contributed by atoms with Crippen LogP contribution in [0.5, 0.6) is 0 Å². The van der Waals surface area contributed by atoms with Gasteiger partial charge in [-0.15, -0.1) is 0 Å². The van der Waals surface area contributed by atoms with Crippen LogP contribution < -0.4 is 10.2 Å². The van der Waals surface area contributed by atoms with Crippen molar-refractivity contribution in [3.05, 3.63) is 23.7 Å². The Bertz CT molecular complexity index is 627. The molecule has 0 aromatic carbocycles. The first-order valence-electron chi connectivity index (χ1n) is 6.79. The van der Waals surface area contributed by atoms with E-state index in [9.17, 15) is 4.79 Å². The molecule has 1 aliphatic heterocycles. The number of amides is 2. The van der Waals surface area contributed by atoms with E-state index in [1.165, 1.54) is 0 Å². The average molecular weight is 291 g/mol. The van der Waals surface area contributed by atoms with Crippen LogP contribution in [0.4, 0.5) is 16.4 Å². The second kappa shape index (κ2) is 5.47. The van der Waals surface area contributed by atoms with Crippen LogP contribution in [0.2, 0.25) is 0 Å². The molecule has 0 bridgehead atoms. The lowest BCUT2D eigenvalue weighted by Gasteiger charge is -2.34. The number of anilines is 2. The van der Waals surface area contributed by atoms with Gasteiger partial charge in [-0.2, -0.15) is 0 Å². The van der Waals surface area contributed by atoms with Gasteiger partial charge in [0.15, 0.2) is 11.6 Å². The fourth-order valence-corrected chi connectivity index (χ4v) is 2.25. The summed E-state index contributed by atoms with van der Waals surface area (Å²) in [5, 5.41) is 10.5. The molecule has 0 aliphatic carbocycles. The number of hydrogen-bond donors (Lipinski definition) is 1. The van der Waals surface area contributed by atoms with Crippen LogP contribution in [0.1, 0.15) is 11.5 Å². The van der Waals surface area contributed by atoms with Gasteiger partial charge in [-0.05, 0) is 13.8 Å². The molecule has 3 rings (SSSR count). The topological polar surface area (TPSA) is 87.6 Å². The van der Waals surface area contributed by atoms with Crippen molar-refractivity contribution in [3.63, 3.8) is 0 Å². The number of piperazine rings is 1. The van der Waals surface area contributed by atoms with Crippen molar-refractivity contribution in [1.29, 1.82) is 0 Å². The Morgan fingerprint density at radius 2 is 1.76 bits per heavy atom. The minimum absolute atomic E-state index is 0.167. The summed E-state index contributed by atoms with van der Waals surface area (Å²) in [6, 6.07) is 3.42. The zero-order valence-corrected chi connectivity index (χ0v) is 12.0. The van der Waals surface area contributed by atoms with E-state index < -0.39 is 0 Å². The summed E-state index contributed by atoms with van der Waals surface area (Å²) in [4.78, 5) is 15.9. The Balaban J connectivity index is 1.54. The summed E-state index contributed by atoms with van der Waals surface area (Å²) >= 11 is 0. The second-order valence-electron chi connectivity index (χ2n) is 5.02. The number of aryl methyl sites for hydroxylation is 2. The van der Waals surface area contributed by atoms with Crippen LogP contribution in [0, 0.1) is 13.8 Å². The van der Waals surface area contributed by atoms with E-state index in [0.29, 0.717) is 24.7 Å². The third-order valence-electron chi connectivity index (χ3n) is 3.37. The summed E-state index contributed by atoms with van der Waals surface area (Å²) in [5.41, 5.74) is 0. The Kier molecular flexibility index (Phi) is 3.51. The SMILES string of the molecule is Cc1cc(NC(=O)N2CCN(c3cc(C)on3)CC2)no1. The highest BCUT2D eigenvalue weighted by Crippen LogP contribution is 2.16. The summed E-state index contributed by atoms with van der Waals surface area (Å²) in [6.07, 6.45) is 0. The highest BCUT2D eigenvalue weighted by atomic mass is 16.5. The molecule has 0 atom stereocenters. The molecule has 3 heterocycles. The van der Waals surface area contributed by atoms with Gasteiger partial charge in [0, 0.05) is 38.3 Å². The fraction of sp³-hybridized carbons (Fsp3) is 0.462. The molecule has 0 unspecified atom stereocenters. The predicted octanol–water partition coefficient (Wildman–Crippen LogP) is 1.63. The molecule has 1 aliphatic rings. The van der Waals surface area contributed by atoms with Crippen molar-refractivity contribution < 1.29 is 13.8 Å². The van der Waals surface area contributed by atoms with E-state index >= 15 is 0 Å². The minimum Gasteiger partial charge on any atom is -0.360 e. The number of nitrogens with one attached hydrogen (secondary N) is 1. The number of nitrogens with zero attached hydrogens (tertiary/aromatic N) is 4. The van der Waals surface area contributed by atoms with Gasteiger partial charge in [0.2, 0.25) is 0 Å². The molecule has 0 radical (unpaired) electrons. The zero-order chi connectivity index (χ0) is 14.8. The molecular formula is C13H17N5O3. The normalized spacial score (nSPS) is 15.3. The number of aromatic nitrogens is 2. The van der Waals surface area contributed by atoms with E-state index in [1.807, 2.05) is 13.0 Å². The fourth-order valence-electron chi connectivity index (χ4n) is 2.25. The number of carbonyl (C=O) groups is 1. The Labute approximate surface area is 121 Å². The Morgan fingerprint density at radius 1 is 1.10 bits per heavy atom. The van der Waals surface area contributed by atoms with E-state index in [-0.39, 0.29) is 6.03 Å². The first-order valence-corrected chi connectivity index (χ1v) is 6.79. The minimum atomic E-state index is -0.167. The van der Waals surface area contributed by atoms with Crippen LogP contribution in [-0.4, -0.2) is 47.4 Å². The van der Waals surface area contributed by atoms with Crippen molar-refractivity contribution in [2.45, 2.75) is 13.8 Å². The van der Waals surface area contributed by atoms with Crippen LogP contribution in [0.3, 0.4) is 0 Å². The maximum Gasteiger partial charge on any atom is 0.323 e. The number of rotatable bonds is 2. The predicted molar refractivity (Wildman–Crippen MR) is 75.3 cm³/mol. The molecule has 1 fully saturated rings. The molecule has 21 heavy (non-hydrogen) atoms. The van der Waals surface area contributed by atoms with E-state index in [1.54, 1.807) is 17.9 Å². The Hall–Kier alpha value is -2.51. The molecule has 2 aromatic heterocycles. The van der Waals surface area contributed by atoms with Gasteiger partial charge in [0.1, 0.15) is 11.5 Å². The van der Waals surface area contributed by atoms with Crippen LogP contribution in [0.25, 0.3) is 0 Å². The van der Waals surface area contributed by atoms with Gasteiger partial charge in [-0.1, -0.05) is 10.3 Å². The monoisotopic (exact) mass is 291 g/mol. The third kappa shape index (κ3) is 2.99. The first-order chi connectivity index (χ1) is 10.1. The zero-order valence-electron chi connectivity index (χ0n) is 12.0. The smallest absolute Gasteiger partial charge is 0.323 e. The summed E-state index contributed by atoms with van der Waals surface area (Å²) in [6.45, 7) is 6.32. The van der Waals surface area contributed by atoms with Gasteiger partial charge in [-0.3, -0.25) is 5.32 Å². The number of urea groups is 1. The largest absolute Gasteiger partial charge is 0.360 e. The molecule has 1 saturated heterocycles. The quantitative estimate of drug-likeness (QED) is 0.905. The Morgan fingerprint density at radius 3 is 2.33 bits per heavy atom. The van der Waals surface area contributed by atoms with Crippen molar-refractivity contribution in [1.82, 2.24) is 15.2 Å². The van der Waals surface area contributed by atoms with Gasteiger partial charge >= 0.3 is 6.03 Å². The lowest BCUT2D eigenvalue weighted by molar-refractivity contribution is 0.207. The molecular weight excluding hydrogens is 274 g/mol. The van der Waals surface area contributed by atoms with Crippen LogP contribution in [0.15, 0.2) is 21.2 Å². The molecule has 8 nitrogen and oxygen atoms in total. The lowest BCUT2D eigenvalue weighted by atomic mass is 10.3. The number of carbonyl (C=O) groups excluding carboxylic acids is 1. The van der Waals surface area contributed by atoms with E-state index in [4.69, 9.17) is 9.05 Å². The molecule has 0 saturated carbocycles. The van der Waals surface area contributed by atoms with E-state index in [0.717, 1.165) is 24.7 Å². The lowest BCUT2D eigenvalue weighted by Crippen LogP contribution is -2.50. The molecule has 2 amide bonds. The van der Waals surface area contributed by atoms with Gasteiger partial charge in [-0.25, -0.2) is 4.79 Å². The second-order valence-corrected chi connectivity index (χ2v) is 5.02. The van der Waals surface area contributed by atoms with E-state index in [2.05, 4.69) is 20.5 Å². The maximum absolute atomic E-state index is 12.1. The van der Waals surface area contributed by atoms with Gasteiger partial charge < -0.3 is 18.8 Å². The summed E-state index contributed by atoms with van der Waals surface area (Å²) < 4.78 is 9.99. The summed E-state index contributed by atoms with van der Waals surface area (Å²) in [7, 11) is 0. The molecule has 1 N–H and O–H groups in total.